The number of carbonyl (C=O) groups is 1. The van der Waals surface area contributed by atoms with Gasteiger partial charge in [-0.05, 0) is 46.7 Å². The van der Waals surface area contributed by atoms with Crippen LogP contribution in [0.15, 0.2) is 58.6 Å². The number of amides is 1. The van der Waals surface area contributed by atoms with E-state index < -0.39 is 10.0 Å². The first kappa shape index (κ1) is 19.7. The summed E-state index contributed by atoms with van der Waals surface area (Å²) in [5.74, 6) is 1.54. The van der Waals surface area contributed by atoms with Gasteiger partial charge < -0.3 is 5.32 Å². The van der Waals surface area contributed by atoms with E-state index in [2.05, 4.69) is 33.4 Å². The van der Waals surface area contributed by atoms with Gasteiger partial charge in [-0.2, -0.15) is 23.1 Å². The van der Waals surface area contributed by atoms with Crippen molar-refractivity contribution in [2.45, 2.75) is 10.6 Å². The second-order valence-corrected chi connectivity index (χ2v) is 8.76. The Labute approximate surface area is 156 Å². The van der Waals surface area contributed by atoms with Crippen LogP contribution < -0.4 is 10.0 Å². The SMILES string of the molecule is C=CCNS(=O)(=O)c1ccc(C(=O)NCCSCc2ccsc2)cc1. The zero-order chi connectivity index (χ0) is 18.1. The van der Waals surface area contributed by atoms with Gasteiger partial charge in [-0.3, -0.25) is 4.79 Å². The van der Waals surface area contributed by atoms with Gasteiger partial charge in [0, 0.05) is 30.2 Å². The van der Waals surface area contributed by atoms with Crippen LogP contribution in [0.25, 0.3) is 0 Å². The van der Waals surface area contributed by atoms with Crippen LogP contribution in [-0.4, -0.2) is 33.2 Å². The van der Waals surface area contributed by atoms with Crippen molar-refractivity contribution in [3.8, 4) is 0 Å². The largest absolute Gasteiger partial charge is 0.351 e. The van der Waals surface area contributed by atoms with Crippen LogP contribution in [0.3, 0.4) is 0 Å². The standard InChI is InChI=1S/C17H20N2O3S3/c1-2-8-19-25(21,22)16-5-3-15(4-6-16)17(20)18-9-11-24-13-14-7-10-23-12-14/h2-7,10,12,19H,1,8-9,11,13H2,(H,18,20). The van der Waals surface area contributed by atoms with Crippen LogP contribution in [0.5, 0.6) is 0 Å². The number of sulfonamides is 1. The maximum absolute atomic E-state index is 12.1. The number of carbonyl (C=O) groups excluding carboxylic acids is 1. The van der Waals surface area contributed by atoms with Gasteiger partial charge in [0.05, 0.1) is 4.90 Å². The molecule has 1 aromatic heterocycles. The number of thioether (sulfide) groups is 1. The third-order valence-corrected chi connectivity index (χ3v) is 6.43. The van der Waals surface area contributed by atoms with Crippen molar-refractivity contribution in [3.05, 3.63) is 64.9 Å². The van der Waals surface area contributed by atoms with Crippen molar-refractivity contribution in [1.29, 1.82) is 0 Å². The summed E-state index contributed by atoms with van der Waals surface area (Å²) in [4.78, 5) is 12.2. The fourth-order valence-corrected chi connectivity index (χ4v) is 4.52. The minimum absolute atomic E-state index is 0.122. The summed E-state index contributed by atoms with van der Waals surface area (Å²) in [5, 5.41) is 7.00. The summed E-state index contributed by atoms with van der Waals surface area (Å²) in [5.41, 5.74) is 1.73. The lowest BCUT2D eigenvalue weighted by atomic mass is 10.2. The van der Waals surface area contributed by atoms with Gasteiger partial charge in [0.25, 0.3) is 5.91 Å². The molecule has 1 aromatic carbocycles. The maximum Gasteiger partial charge on any atom is 0.251 e. The van der Waals surface area contributed by atoms with Crippen LogP contribution in [0.4, 0.5) is 0 Å². The van der Waals surface area contributed by atoms with Crippen molar-refractivity contribution >= 4 is 39.0 Å². The van der Waals surface area contributed by atoms with Gasteiger partial charge in [0.1, 0.15) is 0 Å². The van der Waals surface area contributed by atoms with E-state index in [0.29, 0.717) is 12.1 Å². The molecule has 0 fully saturated rings. The lowest BCUT2D eigenvalue weighted by Crippen LogP contribution is -2.26. The molecule has 8 heteroatoms. The zero-order valence-corrected chi connectivity index (χ0v) is 16.1. The molecule has 0 atom stereocenters. The molecule has 134 valence electrons. The van der Waals surface area contributed by atoms with E-state index in [0.717, 1.165) is 11.5 Å². The third-order valence-electron chi connectivity index (χ3n) is 3.23. The van der Waals surface area contributed by atoms with Crippen LogP contribution >= 0.6 is 23.1 Å². The molecule has 2 N–H and O–H groups in total. The van der Waals surface area contributed by atoms with E-state index in [-0.39, 0.29) is 17.3 Å². The fraction of sp³-hybridized carbons (Fsp3) is 0.235. The normalized spacial score (nSPS) is 11.2. The Bertz CT molecular complexity index is 785. The first-order chi connectivity index (χ1) is 12.0. The molecule has 25 heavy (non-hydrogen) atoms. The van der Waals surface area contributed by atoms with Gasteiger partial charge in [-0.1, -0.05) is 6.08 Å². The summed E-state index contributed by atoms with van der Waals surface area (Å²) in [7, 11) is -3.57. The van der Waals surface area contributed by atoms with Gasteiger partial charge in [-0.25, -0.2) is 13.1 Å². The predicted molar refractivity (Wildman–Crippen MR) is 105 cm³/mol. The van der Waals surface area contributed by atoms with E-state index in [9.17, 15) is 13.2 Å². The van der Waals surface area contributed by atoms with Gasteiger partial charge in [0.15, 0.2) is 0 Å². The van der Waals surface area contributed by atoms with Crippen LogP contribution in [0, 0.1) is 0 Å². The number of nitrogens with one attached hydrogen (secondary N) is 2. The molecular weight excluding hydrogens is 376 g/mol. The molecule has 1 amide bonds. The number of hydrogen-bond donors (Lipinski definition) is 2. The third kappa shape index (κ3) is 6.32. The van der Waals surface area contributed by atoms with Crippen molar-refractivity contribution < 1.29 is 13.2 Å². The van der Waals surface area contributed by atoms with Crippen LogP contribution in [-0.2, 0) is 15.8 Å². The van der Waals surface area contributed by atoms with Crippen molar-refractivity contribution in [2.24, 2.45) is 0 Å². The number of rotatable bonds is 10. The summed E-state index contributed by atoms with van der Waals surface area (Å²) in [6.45, 7) is 4.19. The highest BCUT2D eigenvalue weighted by Crippen LogP contribution is 2.14. The first-order valence-corrected chi connectivity index (χ1v) is 11.2. The molecular formula is C17H20N2O3S3. The lowest BCUT2D eigenvalue weighted by molar-refractivity contribution is 0.0956. The molecule has 1 heterocycles. The smallest absolute Gasteiger partial charge is 0.251 e. The molecule has 0 aliphatic carbocycles. The van der Waals surface area contributed by atoms with Gasteiger partial charge >= 0.3 is 0 Å². The Morgan fingerprint density at radius 2 is 2.00 bits per heavy atom. The molecule has 2 aromatic rings. The highest BCUT2D eigenvalue weighted by atomic mass is 32.2. The highest BCUT2D eigenvalue weighted by Gasteiger charge is 2.13. The quantitative estimate of drug-likeness (QED) is 0.478. The minimum atomic E-state index is -3.57. The molecule has 5 nitrogen and oxygen atoms in total. The summed E-state index contributed by atoms with van der Waals surface area (Å²) >= 11 is 3.44. The van der Waals surface area contributed by atoms with E-state index in [4.69, 9.17) is 0 Å². The number of thiophene rings is 1. The van der Waals surface area contributed by atoms with Gasteiger partial charge in [0.2, 0.25) is 10.0 Å². The Morgan fingerprint density at radius 1 is 1.24 bits per heavy atom. The minimum Gasteiger partial charge on any atom is -0.351 e. The maximum atomic E-state index is 12.1. The van der Waals surface area contributed by atoms with E-state index in [1.54, 1.807) is 23.1 Å². The topological polar surface area (TPSA) is 75.3 Å². The molecule has 0 spiro atoms. The summed E-state index contributed by atoms with van der Waals surface area (Å²) < 4.78 is 26.3. The molecule has 0 saturated carbocycles. The van der Waals surface area contributed by atoms with Crippen LogP contribution in [0.2, 0.25) is 0 Å². The molecule has 0 aliphatic heterocycles. The number of hydrogen-bond acceptors (Lipinski definition) is 5. The summed E-state index contributed by atoms with van der Waals surface area (Å²) in [6.07, 6.45) is 1.47. The van der Waals surface area contributed by atoms with E-state index in [1.165, 1.54) is 35.9 Å². The molecule has 0 aliphatic rings. The highest BCUT2D eigenvalue weighted by molar-refractivity contribution is 7.98. The Kier molecular flexibility index (Phi) is 7.70. The summed E-state index contributed by atoms with van der Waals surface area (Å²) in [6, 6.07) is 7.96. The molecule has 0 radical (unpaired) electrons. The average molecular weight is 397 g/mol. The second-order valence-electron chi connectivity index (χ2n) is 5.11. The number of benzene rings is 1. The monoisotopic (exact) mass is 396 g/mol. The first-order valence-electron chi connectivity index (χ1n) is 7.60. The van der Waals surface area contributed by atoms with Crippen molar-refractivity contribution in [1.82, 2.24) is 10.0 Å². The fourth-order valence-electron chi connectivity index (χ4n) is 1.94. The van der Waals surface area contributed by atoms with Crippen molar-refractivity contribution in [3.63, 3.8) is 0 Å². The van der Waals surface area contributed by atoms with Crippen molar-refractivity contribution in [2.75, 3.05) is 18.8 Å². The Balaban J connectivity index is 1.78. The Morgan fingerprint density at radius 3 is 2.64 bits per heavy atom. The molecule has 2 rings (SSSR count). The zero-order valence-electron chi connectivity index (χ0n) is 13.6. The molecule has 0 unspecified atom stereocenters. The predicted octanol–water partition coefficient (Wildman–Crippen LogP) is 2.88. The second kappa shape index (κ2) is 9.76. The lowest BCUT2D eigenvalue weighted by Gasteiger charge is -2.07. The van der Waals surface area contributed by atoms with E-state index in [1.807, 2.05) is 0 Å². The van der Waals surface area contributed by atoms with E-state index >= 15 is 0 Å². The Hall–Kier alpha value is -1.61. The van der Waals surface area contributed by atoms with Gasteiger partial charge in [-0.15, -0.1) is 6.58 Å². The molecule has 0 bridgehead atoms. The van der Waals surface area contributed by atoms with Crippen LogP contribution in [0.1, 0.15) is 15.9 Å². The average Bonchev–Trinajstić information content (AvgIpc) is 3.13. The molecule has 0 saturated heterocycles.